The Morgan fingerprint density at radius 1 is 1.12 bits per heavy atom. The first-order valence-corrected chi connectivity index (χ1v) is 8.20. The first kappa shape index (κ1) is 19.3. The van der Waals surface area contributed by atoms with E-state index in [0.717, 1.165) is 0 Å². The highest BCUT2D eigenvalue weighted by molar-refractivity contribution is 6.36. The Kier molecular flexibility index (Phi) is 6.63. The van der Waals surface area contributed by atoms with Gasteiger partial charge in [0, 0.05) is 5.02 Å². The van der Waals surface area contributed by atoms with Gasteiger partial charge in [-0.15, -0.1) is 0 Å². The lowest BCUT2D eigenvalue weighted by molar-refractivity contribution is 0.0728. The fourth-order valence-electron chi connectivity index (χ4n) is 2.03. The molecule has 0 unspecified atom stereocenters. The number of nitrogens with zero attached hydrogens (tertiary/aromatic N) is 2. The molecule has 0 heterocycles. The van der Waals surface area contributed by atoms with Crippen molar-refractivity contribution in [1.82, 2.24) is 0 Å². The molecule has 0 aromatic heterocycles. The van der Waals surface area contributed by atoms with Crippen LogP contribution in [0.4, 0.5) is 0 Å². The summed E-state index contributed by atoms with van der Waals surface area (Å²) in [6, 6.07) is 12.7. The molecule has 0 aliphatic heterocycles. The summed E-state index contributed by atoms with van der Waals surface area (Å²) in [4.78, 5) is 12.4. The van der Waals surface area contributed by atoms with E-state index >= 15 is 0 Å². The van der Waals surface area contributed by atoms with Crippen LogP contribution in [-0.2, 0) is 0 Å². The van der Waals surface area contributed by atoms with Gasteiger partial charge < -0.3 is 9.47 Å². The quantitative estimate of drug-likeness (QED) is 0.408. The number of hydrogen-bond acceptors (Lipinski definition) is 5. The van der Waals surface area contributed by atoms with E-state index in [4.69, 9.17) is 43.2 Å². The molecular formula is C19H12Cl2N2O3. The van der Waals surface area contributed by atoms with Crippen molar-refractivity contribution in [2.75, 3.05) is 6.61 Å². The van der Waals surface area contributed by atoms with Crippen LogP contribution in [0.15, 0.2) is 42.0 Å². The zero-order valence-electron chi connectivity index (χ0n) is 13.6. The number of halogens is 2. The van der Waals surface area contributed by atoms with Gasteiger partial charge in [-0.3, -0.25) is 0 Å². The van der Waals surface area contributed by atoms with Crippen LogP contribution >= 0.6 is 23.2 Å². The summed E-state index contributed by atoms with van der Waals surface area (Å²) in [5.41, 5.74) is 0.680. The van der Waals surface area contributed by atoms with Crippen LogP contribution in [-0.4, -0.2) is 12.6 Å². The third-order valence-corrected chi connectivity index (χ3v) is 3.72. The molecule has 0 saturated carbocycles. The lowest BCUT2D eigenvalue weighted by Crippen LogP contribution is -2.10. The second kappa shape index (κ2) is 8.92. The number of esters is 1. The van der Waals surface area contributed by atoms with Crippen molar-refractivity contribution in [3.8, 4) is 23.6 Å². The Morgan fingerprint density at radius 3 is 2.46 bits per heavy atom. The zero-order chi connectivity index (χ0) is 19.1. The number of rotatable bonds is 5. The Hall–Kier alpha value is -2.99. The van der Waals surface area contributed by atoms with Crippen molar-refractivity contribution in [1.29, 1.82) is 10.5 Å². The molecule has 0 fully saturated rings. The van der Waals surface area contributed by atoms with Gasteiger partial charge in [0.25, 0.3) is 0 Å². The Labute approximate surface area is 160 Å². The molecule has 0 saturated heterocycles. The molecule has 2 aromatic carbocycles. The van der Waals surface area contributed by atoms with Crippen molar-refractivity contribution in [3.63, 3.8) is 0 Å². The Morgan fingerprint density at radius 2 is 1.85 bits per heavy atom. The van der Waals surface area contributed by atoms with Crippen LogP contribution in [0.3, 0.4) is 0 Å². The van der Waals surface area contributed by atoms with Crippen LogP contribution in [0.5, 0.6) is 11.5 Å². The summed E-state index contributed by atoms with van der Waals surface area (Å²) in [5.74, 6) is -0.170. The Balaban J connectivity index is 2.34. The smallest absolute Gasteiger partial charge is 0.345 e. The molecule has 0 radical (unpaired) electrons. The number of nitriles is 2. The molecular weight excluding hydrogens is 375 g/mol. The van der Waals surface area contributed by atoms with Crippen molar-refractivity contribution in [3.05, 3.63) is 63.1 Å². The molecule has 130 valence electrons. The number of carbonyl (C=O) groups excluding carboxylic acids is 1. The average Bonchev–Trinajstić information content (AvgIpc) is 2.61. The molecule has 0 aliphatic rings. The third kappa shape index (κ3) is 4.77. The minimum atomic E-state index is -0.661. The normalized spacial score (nSPS) is 9.58. The second-order valence-electron chi connectivity index (χ2n) is 4.93. The van der Waals surface area contributed by atoms with Crippen molar-refractivity contribution >= 4 is 35.2 Å². The second-order valence-corrected chi connectivity index (χ2v) is 5.78. The predicted molar refractivity (Wildman–Crippen MR) is 98.2 cm³/mol. The molecule has 0 N–H and O–H groups in total. The van der Waals surface area contributed by atoms with E-state index in [2.05, 4.69) is 0 Å². The number of carbonyl (C=O) groups is 1. The van der Waals surface area contributed by atoms with E-state index in [9.17, 15) is 4.79 Å². The third-order valence-electron chi connectivity index (χ3n) is 3.17. The minimum absolute atomic E-state index is 0.0508. The molecule has 0 spiro atoms. The van der Waals surface area contributed by atoms with Gasteiger partial charge >= 0.3 is 5.97 Å². The van der Waals surface area contributed by atoms with Crippen LogP contribution < -0.4 is 9.47 Å². The molecule has 2 rings (SSSR count). The van der Waals surface area contributed by atoms with Crippen LogP contribution in [0.2, 0.25) is 10.0 Å². The van der Waals surface area contributed by atoms with E-state index in [1.807, 2.05) is 0 Å². The van der Waals surface area contributed by atoms with E-state index in [1.54, 1.807) is 31.2 Å². The van der Waals surface area contributed by atoms with Gasteiger partial charge in [-0.2, -0.15) is 10.5 Å². The van der Waals surface area contributed by atoms with E-state index < -0.39 is 5.97 Å². The predicted octanol–water partition coefficient (Wildman–Crippen LogP) is 5.04. The number of allylic oxidation sites excluding steroid dienone is 1. The summed E-state index contributed by atoms with van der Waals surface area (Å²) in [6.07, 6.45) is 1.41. The standard InChI is InChI=1S/C19H12Cl2N2O3/c1-2-25-18-8-12(7-13(10-22)11-23)3-6-17(18)26-19(24)15-5-4-14(20)9-16(15)21/h3-9H,2H2,1H3. The topological polar surface area (TPSA) is 83.1 Å². The zero-order valence-corrected chi connectivity index (χ0v) is 15.1. The molecule has 26 heavy (non-hydrogen) atoms. The maximum Gasteiger partial charge on any atom is 0.345 e. The number of hydrogen-bond donors (Lipinski definition) is 0. The van der Waals surface area contributed by atoms with Gasteiger partial charge in [-0.1, -0.05) is 29.3 Å². The number of benzene rings is 2. The van der Waals surface area contributed by atoms with Crippen LogP contribution in [0, 0.1) is 22.7 Å². The van der Waals surface area contributed by atoms with E-state index in [-0.39, 0.29) is 21.9 Å². The molecule has 0 atom stereocenters. The average molecular weight is 387 g/mol. The minimum Gasteiger partial charge on any atom is -0.490 e. The molecule has 0 amide bonds. The summed E-state index contributed by atoms with van der Waals surface area (Å²) in [7, 11) is 0. The summed E-state index contributed by atoms with van der Waals surface area (Å²) in [5, 5.41) is 18.3. The lowest BCUT2D eigenvalue weighted by Gasteiger charge is -2.12. The van der Waals surface area contributed by atoms with Gasteiger partial charge in [-0.25, -0.2) is 4.79 Å². The van der Waals surface area contributed by atoms with Gasteiger partial charge in [-0.05, 0) is 48.9 Å². The molecule has 0 aliphatic carbocycles. The number of ether oxygens (including phenoxy) is 2. The molecule has 0 bridgehead atoms. The largest absolute Gasteiger partial charge is 0.490 e. The Bertz CT molecular complexity index is 940. The van der Waals surface area contributed by atoms with E-state index in [0.29, 0.717) is 22.9 Å². The summed E-state index contributed by atoms with van der Waals surface area (Å²) in [6.45, 7) is 2.11. The van der Waals surface area contributed by atoms with Gasteiger partial charge in [0.15, 0.2) is 11.5 Å². The first-order chi connectivity index (χ1) is 12.5. The van der Waals surface area contributed by atoms with Crippen molar-refractivity contribution in [2.24, 2.45) is 0 Å². The lowest BCUT2D eigenvalue weighted by atomic mass is 10.1. The summed E-state index contributed by atoms with van der Waals surface area (Å²) >= 11 is 11.8. The monoisotopic (exact) mass is 386 g/mol. The molecule has 7 heteroatoms. The highest BCUT2D eigenvalue weighted by Gasteiger charge is 2.16. The highest BCUT2D eigenvalue weighted by atomic mass is 35.5. The molecule has 2 aromatic rings. The maximum atomic E-state index is 12.4. The first-order valence-electron chi connectivity index (χ1n) is 7.44. The van der Waals surface area contributed by atoms with Gasteiger partial charge in [0.1, 0.15) is 17.7 Å². The highest BCUT2D eigenvalue weighted by Crippen LogP contribution is 2.31. The van der Waals surface area contributed by atoms with Crippen LogP contribution in [0.25, 0.3) is 6.08 Å². The SMILES string of the molecule is CCOc1cc(C=C(C#N)C#N)ccc1OC(=O)c1ccc(Cl)cc1Cl. The van der Waals surface area contributed by atoms with E-state index in [1.165, 1.54) is 30.3 Å². The fourth-order valence-corrected chi connectivity index (χ4v) is 2.52. The summed E-state index contributed by atoms with van der Waals surface area (Å²) < 4.78 is 10.9. The van der Waals surface area contributed by atoms with Crippen molar-refractivity contribution in [2.45, 2.75) is 6.92 Å². The van der Waals surface area contributed by atoms with Gasteiger partial charge in [0.05, 0.1) is 17.2 Å². The van der Waals surface area contributed by atoms with Crippen molar-refractivity contribution < 1.29 is 14.3 Å². The van der Waals surface area contributed by atoms with Crippen LogP contribution in [0.1, 0.15) is 22.8 Å². The fraction of sp³-hybridized carbons (Fsp3) is 0.105. The maximum absolute atomic E-state index is 12.4. The van der Waals surface area contributed by atoms with Gasteiger partial charge in [0.2, 0.25) is 0 Å². The molecule has 5 nitrogen and oxygen atoms in total.